The summed E-state index contributed by atoms with van der Waals surface area (Å²) in [5.41, 5.74) is 0. The van der Waals surface area contributed by atoms with Crippen LogP contribution in [0.5, 0.6) is 0 Å². The van der Waals surface area contributed by atoms with E-state index in [1.54, 1.807) is 0 Å². The Balaban J connectivity index is 2.40. The van der Waals surface area contributed by atoms with E-state index < -0.39 is 0 Å². The second kappa shape index (κ2) is 3.56. The topological polar surface area (TPSA) is 32.3 Å². The van der Waals surface area contributed by atoms with E-state index in [1.807, 2.05) is 0 Å². The second-order valence-electron chi connectivity index (χ2n) is 0.399. The van der Waals surface area contributed by atoms with Gasteiger partial charge >= 0.3 is 0 Å². The van der Waals surface area contributed by atoms with E-state index in [9.17, 15) is 0 Å². The van der Waals surface area contributed by atoms with Crippen molar-refractivity contribution in [3.05, 3.63) is 12.8 Å². The highest BCUT2D eigenvalue weighted by Gasteiger charge is 1.50. The zero-order chi connectivity index (χ0) is 4.12. The average molecular weight is 69.9 g/mol. The number of hydrogen-bond acceptors (Lipinski definition) is 2. The van der Waals surface area contributed by atoms with Crippen molar-refractivity contribution in [3.8, 4) is 0 Å². The van der Waals surface area contributed by atoms with Gasteiger partial charge in [-0.05, 0) is 0 Å². The molecule has 0 spiro atoms. The molecule has 0 unspecified atom stereocenters. The Morgan fingerprint density at radius 3 is 2.60 bits per heavy atom. The molecule has 0 aromatic carbocycles. The van der Waals surface area contributed by atoms with E-state index in [-0.39, 0.29) is 0 Å². The fourth-order valence-corrected chi connectivity index (χ4v) is 0.0393. The summed E-state index contributed by atoms with van der Waals surface area (Å²) >= 11 is 0. The Hall–Kier alpha value is -0.435. The summed E-state index contributed by atoms with van der Waals surface area (Å²) in [5.74, 6) is 0. The van der Waals surface area contributed by atoms with Gasteiger partial charge in [-0.2, -0.15) is 0 Å². The van der Waals surface area contributed by atoms with Crippen LogP contribution in [0.15, 0.2) is 12.8 Å². The van der Waals surface area contributed by atoms with Crippen molar-refractivity contribution in [2.24, 2.45) is 0 Å². The van der Waals surface area contributed by atoms with E-state index in [4.69, 9.17) is 5.02 Å². The SMILES string of the molecule is C=CO[B][O-]. The van der Waals surface area contributed by atoms with Gasteiger partial charge in [0.25, 0.3) is 0 Å². The second-order valence-corrected chi connectivity index (χ2v) is 0.399. The van der Waals surface area contributed by atoms with Gasteiger partial charge in [0.1, 0.15) is 0 Å². The summed E-state index contributed by atoms with van der Waals surface area (Å²) in [6, 6.07) is 0. The first-order chi connectivity index (χ1) is 2.41. The highest BCUT2D eigenvalue weighted by atomic mass is 16.5. The van der Waals surface area contributed by atoms with E-state index >= 15 is 0 Å². The molecular weight excluding hydrogens is 66.8 g/mol. The van der Waals surface area contributed by atoms with Gasteiger partial charge in [0.2, 0.25) is 7.69 Å². The van der Waals surface area contributed by atoms with Crippen LogP contribution >= 0.6 is 0 Å². The van der Waals surface area contributed by atoms with Crippen LogP contribution in [-0.4, -0.2) is 7.69 Å². The minimum absolute atomic E-state index is 0.312. The molecule has 0 aliphatic heterocycles. The van der Waals surface area contributed by atoms with Crippen LogP contribution in [0.3, 0.4) is 0 Å². The lowest BCUT2D eigenvalue weighted by Crippen LogP contribution is -2.11. The quantitative estimate of drug-likeness (QED) is 0.309. The highest BCUT2D eigenvalue weighted by molar-refractivity contribution is 6.13. The van der Waals surface area contributed by atoms with Gasteiger partial charge in [-0.1, -0.05) is 6.58 Å². The third-order valence-electron chi connectivity index (χ3n) is 0.152. The Morgan fingerprint density at radius 2 is 2.60 bits per heavy atom. The largest absolute Gasteiger partial charge is 0.850 e. The first-order valence-corrected chi connectivity index (χ1v) is 1.12. The molecule has 27 valence electrons. The van der Waals surface area contributed by atoms with Gasteiger partial charge in [-0.3, -0.25) is 0 Å². The van der Waals surface area contributed by atoms with Crippen molar-refractivity contribution >= 4 is 7.69 Å². The Morgan fingerprint density at radius 1 is 2.00 bits per heavy atom. The number of rotatable bonds is 2. The molecule has 0 bridgehead atoms. The standard InChI is InChI=1S/C2H3BO2/c1-2-5-3-4/h2H,1H2/q-1. The minimum Gasteiger partial charge on any atom is -0.850 e. The Labute approximate surface area is 31.4 Å². The monoisotopic (exact) mass is 70.0 g/mol. The molecule has 0 saturated heterocycles. The molecule has 0 fully saturated rings. The van der Waals surface area contributed by atoms with E-state index in [0.717, 1.165) is 6.26 Å². The lowest BCUT2D eigenvalue weighted by molar-refractivity contribution is -0.201. The molecule has 1 radical (unpaired) electrons. The summed E-state index contributed by atoms with van der Waals surface area (Å²) < 4.78 is 3.92. The Kier molecular flexibility index (Phi) is 3.25. The molecule has 5 heavy (non-hydrogen) atoms. The molecule has 0 heterocycles. The van der Waals surface area contributed by atoms with Crippen molar-refractivity contribution in [1.29, 1.82) is 0 Å². The van der Waals surface area contributed by atoms with Crippen LogP contribution in [0.1, 0.15) is 0 Å². The molecular formula is C2H3BO2-. The first kappa shape index (κ1) is 4.56. The number of hydrogen-bond donors (Lipinski definition) is 0. The molecule has 0 N–H and O–H groups in total. The van der Waals surface area contributed by atoms with Crippen LogP contribution in [0.2, 0.25) is 0 Å². The maximum absolute atomic E-state index is 9.11. The molecule has 0 saturated carbocycles. The third-order valence-corrected chi connectivity index (χ3v) is 0.152. The average Bonchev–Trinajstić information content (AvgIpc) is 1.41. The Bertz CT molecular complexity index is 28.8. The van der Waals surface area contributed by atoms with Crippen LogP contribution < -0.4 is 5.02 Å². The molecule has 0 atom stereocenters. The molecule has 0 aromatic rings. The third kappa shape index (κ3) is 3.56. The van der Waals surface area contributed by atoms with Crippen LogP contribution in [0.4, 0.5) is 0 Å². The highest BCUT2D eigenvalue weighted by Crippen LogP contribution is 1.55. The molecule has 0 aromatic heterocycles. The summed E-state index contributed by atoms with van der Waals surface area (Å²) in [6.45, 7) is 3.10. The fraction of sp³-hybridized carbons (Fsp3) is 0. The zero-order valence-corrected chi connectivity index (χ0v) is 2.68. The normalized spacial score (nSPS) is 5.80. The lowest BCUT2D eigenvalue weighted by atomic mass is 10.4. The van der Waals surface area contributed by atoms with Crippen molar-refractivity contribution in [2.45, 2.75) is 0 Å². The molecule has 2 nitrogen and oxygen atoms in total. The van der Waals surface area contributed by atoms with Crippen LogP contribution in [-0.2, 0) is 4.65 Å². The maximum atomic E-state index is 9.11. The fourth-order valence-electron chi connectivity index (χ4n) is 0.0393. The van der Waals surface area contributed by atoms with Gasteiger partial charge in [0, 0.05) is 0 Å². The molecule has 0 aliphatic carbocycles. The van der Waals surface area contributed by atoms with E-state index in [0.29, 0.717) is 7.69 Å². The van der Waals surface area contributed by atoms with Gasteiger partial charge in [0.15, 0.2) is 0 Å². The summed E-state index contributed by atoms with van der Waals surface area (Å²) in [7, 11) is 0.312. The molecule has 0 amide bonds. The van der Waals surface area contributed by atoms with E-state index in [2.05, 4.69) is 11.2 Å². The predicted octanol–water partition coefficient (Wildman–Crippen LogP) is -0.959. The molecule has 0 rings (SSSR count). The van der Waals surface area contributed by atoms with Gasteiger partial charge in [-0.25, -0.2) is 0 Å². The molecule has 3 heteroatoms. The van der Waals surface area contributed by atoms with Crippen LogP contribution in [0, 0.1) is 0 Å². The van der Waals surface area contributed by atoms with E-state index in [1.165, 1.54) is 0 Å². The van der Waals surface area contributed by atoms with Crippen molar-refractivity contribution in [2.75, 3.05) is 0 Å². The zero-order valence-electron chi connectivity index (χ0n) is 2.68. The minimum atomic E-state index is 0.312. The summed E-state index contributed by atoms with van der Waals surface area (Å²) in [5, 5.41) is 9.11. The predicted molar refractivity (Wildman–Crippen MR) is 17.0 cm³/mol. The maximum Gasteiger partial charge on any atom is 0.243 e. The van der Waals surface area contributed by atoms with Crippen molar-refractivity contribution in [1.82, 2.24) is 0 Å². The lowest BCUT2D eigenvalue weighted by Gasteiger charge is -1.95. The summed E-state index contributed by atoms with van der Waals surface area (Å²) in [4.78, 5) is 0. The smallest absolute Gasteiger partial charge is 0.243 e. The van der Waals surface area contributed by atoms with Crippen LogP contribution in [0.25, 0.3) is 0 Å². The van der Waals surface area contributed by atoms with Gasteiger partial charge in [-0.15, -0.1) is 0 Å². The van der Waals surface area contributed by atoms with Gasteiger partial charge < -0.3 is 9.68 Å². The van der Waals surface area contributed by atoms with Crippen molar-refractivity contribution < 1.29 is 9.68 Å². The van der Waals surface area contributed by atoms with Crippen molar-refractivity contribution in [3.63, 3.8) is 0 Å². The summed E-state index contributed by atoms with van der Waals surface area (Å²) in [6.07, 6.45) is 1.06. The molecule has 0 aliphatic rings. The first-order valence-electron chi connectivity index (χ1n) is 1.12. The van der Waals surface area contributed by atoms with Gasteiger partial charge in [0.05, 0.1) is 6.26 Å².